The highest BCUT2D eigenvalue weighted by molar-refractivity contribution is 9.10. The lowest BCUT2D eigenvalue weighted by Gasteiger charge is -2.22. The van der Waals surface area contributed by atoms with Gasteiger partial charge in [-0.05, 0) is 42.2 Å². The molecule has 0 radical (unpaired) electrons. The number of aliphatic hydroxyl groups excluding tert-OH is 1. The van der Waals surface area contributed by atoms with Gasteiger partial charge >= 0.3 is 0 Å². The maximum Gasteiger partial charge on any atom is 0.0462 e. The quantitative estimate of drug-likeness (QED) is 0.853. The number of hydrogen-bond donors (Lipinski definition) is 1. The molecular formula is C15H23BrO. The zero-order valence-electron chi connectivity index (χ0n) is 11.0. The van der Waals surface area contributed by atoms with Crippen LogP contribution in [-0.2, 0) is 6.42 Å². The van der Waals surface area contributed by atoms with E-state index in [0.717, 1.165) is 23.7 Å². The summed E-state index contributed by atoms with van der Waals surface area (Å²) in [5.41, 5.74) is 1.64. The molecular weight excluding hydrogens is 276 g/mol. The summed E-state index contributed by atoms with van der Waals surface area (Å²) < 4.78 is 1.15. The van der Waals surface area contributed by atoms with Crippen LogP contribution in [0.5, 0.6) is 0 Å². The molecule has 1 nitrogen and oxygen atoms in total. The zero-order valence-corrected chi connectivity index (χ0v) is 12.6. The second-order valence-electron chi connectivity index (χ2n) is 5.94. The van der Waals surface area contributed by atoms with Crippen LogP contribution in [0.3, 0.4) is 0 Å². The SMILES string of the molecule is CC(C)(C)CCC(CO)Cc1ccccc1Br. The summed E-state index contributed by atoms with van der Waals surface area (Å²) in [4.78, 5) is 0. The summed E-state index contributed by atoms with van der Waals surface area (Å²) in [7, 11) is 0. The Bertz CT molecular complexity index is 341. The third kappa shape index (κ3) is 5.69. The maximum absolute atomic E-state index is 9.46. The largest absolute Gasteiger partial charge is 0.396 e. The highest BCUT2D eigenvalue weighted by Crippen LogP contribution is 2.27. The Kier molecular flexibility index (Phi) is 5.68. The molecule has 0 aliphatic heterocycles. The second kappa shape index (κ2) is 6.55. The van der Waals surface area contributed by atoms with Crippen LogP contribution < -0.4 is 0 Å². The zero-order chi connectivity index (χ0) is 12.9. The van der Waals surface area contributed by atoms with Gasteiger partial charge in [0, 0.05) is 11.1 Å². The summed E-state index contributed by atoms with van der Waals surface area (Å²) in [6.07, 6.45) is 3.19. The Hall–Kier alpha value is -0.340. The van der Waals surface area contributed by atoms with Crippen molar-refractivity contribution in [1.82, 2.24) is 0 Å². The van der Waals surface area contributed by atoms with Gasteiger partial charge in [0.1, 0.15) is 0 Å². The van der Waals surface area contributed by atoms with Gasteiger partial charge in [0.05, 0.1) is 0 Å². The number of aliphatic hydroxyl groups is 1. The van der Waals surface area contributed by atoms with E-state index in [-0.39, 0.29) is 6.61 Å². The van der Waals surface area contributed by atoms with E-state index in [2.05, 4.69) is 54.9 Å². The Morgan fingerprint density at radius 1 is 1.24 bits per heavy atom. The van der Waals surface area contributed by atoms with E-state index in [1.807, 2.05) is 6.07 Å². The molecule has 1 aromatic carbocycles. The standard InChI is InChI=1S/C15H23BrO/c1-15(2,3)9-8-12(11-17)10-13-6-4-5-7-14(13)16/h4-7,12,17H,8-11H2,1-3H3. The molecule has 17 heavy (non-hydrogen) atoms. The molecule has 0 fully saturated rings. The lowest BCUT2D eigenvalue weighted by atomic mass is 9.85. The number of benzene rings is 1. The first-order valence-electron chi connectivity index (χ1n) is 6.26. The van der Waals surface area contributed by atoms with Crippen molar-refractivity contribution in [2.75, 3.05) is 6.61 Å². The van der Waals surface area contributed by atoms with Crippen LogP contribution >= 0.6 is 15.9 Å². The minimum atomic E-state index is 0.275. The Morgan fingerprint density at radius 2 is 1.88 bits per heavy atom. The summed E-state index contributed by atoms with van der Waals surface area (Å²) in [5.74, 6) is 0.368. The van der Waals surface area contributed by atoms with Crippen LogP contribution in [0.1, 0.15) is 39.2 Å². The molecule has 2 heteroatoms. The van der Waals surface area contributed by atoms with Gasteiger partial charge in [-0.15, -0.1) is 0 Å². The van der Waals surface area contributed by atoms with Crippen molar-refractivity contribution in [1.29, 1.82) is 0 Å². The summed E-state index contributed by atoms with van der Waals surface area (Å²) >= 11 is 3.56. The number of hydrogen-bond acceptors (Lipinski definition) is 1. The lowest BCUT2D eigenvalue weighted by Crippen LogP contribution is -2.14. The van der Waals surface area contributed by atoms with Gasteiger partial charge in [0.25, 0.3) is 0 Å². The van der Waals surface area contributed by atoms with Crippen molar-refractivity contribution in [3.05, 3.63) is 34.3 Å². The molecule has 1 N–H and O–H groups in total. The topological polar surface area (TPSA) is 20.2 Å². The van der Waals surface area contributed by atoms with Gasteiger partial charge in [-0.2, -0.15) is 0 Å². The van der Waals surface area contributed by atoms with E-state index in [9.17, 15) is 5.11 Å². The van der Waals surface area contributed by atoms with Gasteiger partial charge in [0.15, 0.2) is 0 Å². The highest BCUT2D eigenvalue weighted by atomic mass is 79.9. The third-order valence-corrected chi connectivity index (χ3v) is 3.80. The van der Waals surface area contributed by atoms with Crippen molar-refractivity contribution < 1.29 is 5.11 Å². The fourth-order valence-corrected chi connectivity index (χ4v) is 2.32. The predicted octanol–water partition coefficient (Wildman–Crippen LogP) is 4.43. The smallest absolute Gasteiger partial charge is 0.0462 e. The molecule has 0 aromatic heterocycles. The maximum atomic E-state index is 9.46. The van der Waals surface area contributed by atoms with Crippen molar-refractivity contribution in [2.45, 2.75) is 40.0 Å². The molecule has 0 aliphatic rings. The average Bonchev–Trinajstić information content (AvgIpc) is 2.25. The van der Waals surface area contributed by atoms with Crippen LogP contribution in [0.2, 0.25) is 0 Å². The lowest BCUT2D eigenvalue weighted by molar-refractivity contribution is 0.200. The first kappa shape index (κ1) is 14.7. The molecule has 0 bridgehead atoms. The molecule has 1 rings (SSSR count). The van der Waals surface area contributed by atoms with Crippen molar-refractivity contribution in [3.8, 4) is 0 Å². The minimum Gasteiger partial charge on any atom is -0.396 e. The van der Waals surface area contributed by atoms with Crippen molar-refractivity contribution in [3.63, 3.8) is 0 Å². The molecule has 0 saturated carbocycles. The molecule has 0 aliphatic carbocycles. The molecule has 1 aromatic rings. The summed E-state index contributed by atoms with van der Waals surface area (Å²) in [5, 5.41) is 9.46. The Morgan fingerprint density at radius 3 is 2.41 bits per heavy atom. The summed E-state index contributed by atoms with van der Waals surface area (Å²) in [6, 6.07) is 8.27. The minimum absolute atomic E-state index is 0.275. The molecule has 0 saturated heterocycles. The van der Waals surface area contributed by atoms with Gasteiger partial charge in [0.2, 0.25) is 0 Å². The summed E-state index contributed by atoms with van der Waals surface area (Å²) in [6.45, 7) is 7.02. The van der Waals surface area contributed by atoms with Gasteiger partial charge in [-0.25, -0.2) is 0 Å². The van der Waals surface area contributed by atoms with E-state index < -0.39 is 0 Å². The monoisotopic (exact) mass is 298 g/mol. The molecule has 0 amide bonds. The van der Waals surface area contributed by atoms with Crippen LogP contribution in [-0.4, -0.2) is 11.7 Å². The number of rotatable bonds is 5. The van der Waals surface area contributed by atoms with Crippen molar-refractivity contribution in [2.24, 2.45) is 11.3 Å². The van der Waals surface area contributed by atoms with Crippen LogP contribution in [0, 0.1) is 11.3 Å². The number of halogens is 1. The fraction of sp³-hybridized carbons (Fsp3) is 0.600. The van der Waals surface area contributed by atoms with E-state index in [4.69, 9.17) is 0 Å². The first-order valence-corrected chi connectivity index (χ1v) is 7.06. The van der Waals surface area contributed by atoms with Crippen LogP contribution in [0.4, 0.5) is 0 Å². The fourth-order valence-electron chi connectivity index (χ4n) is 1.87. The van der Waals surface area contributed by atoms with E-state index in [1.54, 1.807) is 0 Å². The molecule has 1 unspecified atom stereocenters. The van der Waals surface area contributed by atoms with E-state index in [1.165, 1.54) is 5.56 Å². The molecule has 0 spiro atoms. The third-order valence-electron chi connectivity index (χ3n) is 3.03. The normalized spacial score (nSPS) is 13.7. The molecule has 0 heterocycles. The van der Waals surface area contributed by atoms with Crippen molar-refractivity contribution >= 4 is 15.9 Å². The van der Waals surface area contributed by atoms with Gasteiger partial charge < -0.3 is 5.11 Å². The Labute approximate surface area is 113 Å². The van der Waals surface area contributed by atoms with E-state index >= 15 is 0 Å². The Balaban J connectivity index is 2.56. The van der Waals surface area contributed by atoms with Crippen LogP contribution in [0.15, 0.2) is 28.7 Å². The van der Waals surface area contributed by atoms with Crippen LogP contribution in [0.25, 0.3) is 0 Å². The first-order chi connectivity index (χ1) is 7.92. The average molecular weight is 299 g/mol. The highest BCUT2D eigenvalue weighted by Gasteiger charge is 2.16. The predicted molar refractivity (Wildman–Crippen MR) is 77.1 cm³/mol. The van der Waals surface area contributed by atoms with Gasteiger partial charge in [-0.3, -0.25) is 0 Å². The second-order valence-corrected chi connectivity index (χ2v) is 6.80. The van der Waals surface area contributed by atoms with Gasteiger partial charge in [-0.1, -0.05) is 54.9 Å². The van der Waals surface area contributed by atoms with E-state index in [0.29, 0.717) is 11.3 Å². The molecule has 96 valence electrons. The molecule has 1 atom stereocenters.